The van der Waals surface area contributed by atoms with E-state index in [-0.39, 0.29) is 5.91 Å². The Hall–Kier alpha value is -1.35. The molecule has 1 aromatic carbocycles. The second kappa shape index (κ2) is 5.96. The molecule has 3 nitrogen and oxygen atoms in total. The zero-order valence-corrected chi connectivity index (χ0v) is 12.2. The molecule has 2 N–H and O–H groups in total. The van der Waals surface area contributed by atoms with E-state index in [1.165, 1.54) is 24.8 Å². The van der Waals surface area contributed by atoms with E-state index in [2.05, 4.69) is 28.8 Å². The van der Waals surface area contributed by atoms with Crippen molar-refractivity contribution in [3.8, 4) is 0 Å². The van der Waals surface area contributed by atoms with E-state index in [0.717, 1.165) is 37.1 Å². The van der Waals surface area contributed by atoms with Crippen molar-refractivity contribution in [2.45, 2.75) is 51.0 Å². The van der Waals surface area contributed by atoms with Gasteiger partial charge in [-0.05, 0) is 75.2 Å². The Morgan fingerprint density at radius 2 is 1.95 bits per heavy atom. The zero-order valence-electron chi connectivity index (χ0n) is 12.2. The van der Waals surface area contributed by atoms with Gasteiger partial charge in [0.25, 0.3) is 5.91 Å². The van der Waals surface area contributed by atoms with Crippen molar-refractivity contribution in [2.24, 2.45) is 0 Å². The SMILES string of the molecule is Cc1ccc(C2CCNCC2)cc1C(=O)NC1CCC1. The molecule has 20 heavy (non-hydrogen) atoms. The number of aryl methyl sites for hydroxylation is 1. The van der Waals surface area contributed by atoms with Crippen molar-refractivity contribution in [1.29, 1.82) is 0 Å². The van der Waals surface area contributed by atoms with Crippen LogP contribution < -0.4 is 10.6 Å². The first kappa shape index (κ1) is 13.6. The lowest BCUT2D eigenvalue weighted by molar-refractivity contribution is 0.0916. The van der Waals surface area contributed by atoms with Crippen LogP contribution in [-0.2, 0) is 0 Å². The van der Waals surface area contributed by atoms with Gasteiger partial charge in [0.05, 0.1) is 0 Å². The number of carbonyl (C=O) groups excluding carboxylic acids is 1. The molecule has 0 aromatic heterocycles. The van der Waals surface area contributed by atoms with Crippen molar-refractivity contribution in [3.05, 3.63) is 34.9 Å². The number of nitrogens with one attached hydrogen (secondary N) is 2. The van der Waals surface area contributed by atoms with E-state index in [1.807, 2.05) is 6.92 Å². The molecule has 3 rings (SSSR count). The molecule has 0 unspecified atom stereocenters. The Morgan fingerprint density at radius 3 is 2.60 bits per heavy atom. The van der Waals surface area contributed by atoms with Gasteiger partial charge in [0.2, 0.25) is 0 Å². The summed E-state index contributed by atoms with van der Waals surface area (Å²) in [5.74, 6) is 0.718. The van der Waals surface area contributed by atoms with Gasteiger partial charge in [-0.25, -0.2) is 0 Å². The fraction of sp³-hybridized carbons (Fsp3) is 0.588. The summed E-state index contributed by atoms with van der Waals surface area (Å²) in [5.41, 5.74) is 3.28. The monoisotopic (exact) mass is 272 g/mol. The molecule has 1 heterocycles. The molecule has 1 amide bonds. The molecule has 0 spiro atoms. The quantitative estimate of drug-likeness (QED) is 0.888. The van der Waals surface area contributed by atoms with Crippen LogP contribution in [0.25, 0.3) is 0 Å². The lowest BCUT2D eigenvalue weighted by atomic mass is 9.88. The predicted octanol–water partition coefficient (Wildman–Crippen LogP) is 2.74. The molecule has 1 aliphatic heterocycles. The van der Waals surface area contributed by atoms with E-state index in [1.54, 1.807) is 0 Å². The fourth-order valence-electron chi connectivity index (χ4n) is 3.11. The van der Waals surface area contributed by atoms with Crippen LogP contribution in [-0.4, -0.2) is 25.0 Å². The standard InChI is InChI=1S/C17H24N2O/c1-12-5-6-14(13-7-9-18-10-8-13)11-16(12)17(20)19-15-3-2-4-15/h5-6,11,13,15,18H,2-4,7-10H2,1H3,(H,19,20). The molecule has 1 saturated carbocycles. The number of rotatable bonds is 3. The Labute approximate surface area is 121 Å². The minimum absolute atomic E-state index is 0.114. The van der Waals surface area contributed by atoms with E-state index in [4.69, 9.17) is 0 Å². The van der Waals surface area contributed by atoms with Gasteiger partial charge in [0.1, 0.15) is 0 Å². The topological polar surface area (TPSA) is 41.1 Å². The zero-order chi connectivity index (χ0) is 13.9. The first-order chi connectivity index (χ1) is 9.74. The lowest BCUT2D eigenvalue weighted by Crippen LogP contribution is -2.39. The first-order valence-electron chi connectivity index (χ1n) is 7.86. The van der Waals surface area contributed by atoms with Crippen LogP contribution in [0.2, 0.25) is 0 Å². The second-order valence-electron chi connectivity index (χ2n) is 6.20. The summed E-state index contributed by atoms with van der Waals surface area (Å²) in [6.45, 7) is 4.20. The van der Waals surface area contributed by atoms with E-state index < -0.39 is 0 Å². The smallest absolute Gasteiger partial charge is 0.251 e. The van der Waals surface area contributed by atoms with Crippen LogP contribution in [0, 0.1) is 6.92 Å². The van der Waals surface area contributed by atoms with Gasteiger partial charge in [-0.1, -0.05) is 12.1 Å². The number of piperidine rings is 1. The van der Waals surface area contributed by atoms with Crippen LogP contribution >= 0.6 is 0 Å². The van der Waals surface area contributed by atoms with Crippen LogP contribution in [0.3, 0.4) is 0 Å². The molecule has 0 bridgehead atoms. The molecular formula is C17H24N2O. The van der Waals surface area contributed by atoms with Crippen LogP contribution in [0.4, 0.5) is 0 Å². The Morgan fingerprint density at radius 1 is 1.20 bits per heavy atom. The maximum atomic E-state index is 12.4. The highest BCUT2D eigenvalue weighted by Gasteiger charge is 2.22. The molecule has 2 aliphatic rings. The van der Waals surface area contributed by atoms with Gasteiger partial charge in [-0.2, -0.15) is 0 Å². The Bertz CT molecular complexity index is 488. The van der Waals surface area contributed by atoms with Crippen molar-refractivity contribution >= 4 is 5.91 Å². The van der Waals surface area contributed by atoms with Gasteiger partial charge < -0.3 is 10.6 Å². The molecular weight excluding hydrogens is 248 g/mol. The highest BCUT2D eigenvalue weighted by molar-refractivity contribution is 5.96. The summed E-state index contributed by atoms with van der Waals surface area (Å²) in [7, 11) is 0. The predicted molar refractivity (Wildman–Crippen MR) is 81.1 cm³/mol. The number of hydrogen-bond donors (Lipinski definition) is 2. The van der Waals surface area contributed by atoms with Crippen LogP contribution in [0.1, 0.15) is 59.5 Å². The summed E-state index contributed by atoms with van der Waals surface area (Å²) >= 11 is 0. The molecule has 108 valence electrons. The largest absolute Gasteiger partial charge is 0.349 e. The summed E-state index contributed by atoms with van der Waals surface area (Å²) in [6, 6.07) is 6.84. The molecule has 0 atom stereocenters. The highest BCUT2D eigenvalue weighted by Crippen LogP contribution is 2.27. The lowest BCUT2D eigenvalue weighted by Gasteiger charge is -2.27. The van der Waals surface area contributed by atoms with E-state index in [9.17, 15) is 4.79 Å². The minimum atomic E-state index is 0.114. The number of carbonyl (C=O) groups is 1. The second-order valence-corrected chi connectivity index (χ2v) is 6.20. The molecule has 2 fully saturated rings. The van der Waals surface area contributed by atoms with Gasteiger partial charge in [-0.15, -0.1) is 0 Å². The molecule has 1 aliphatic carbocycles. The summed E-state index contributed by atoms with van der Waals surface area (Å²) in [6.07, 6.45) is 5.87. The third-order valence-corrected chi connectivity index (χ3v) is 4.76. The number of benzene rings is 1. The summed E-state index contributed by atoms with van der Waals surface area (Å²) < 4.78 is 0. The van der Waals surface area contributed by atoms with Gasteiger partial charge in [-0.3, -0.25) is 4.79 Å². The molecule has 3 heteroatoms. The first-order valence-corrected chi connectivity index (χ1v) is 7.86. The summed E-state index contributed by atoms with van der Waals surface area (Å²) in [5, 5.41) is 6.55. The van der Waals surface area contributed by atoms with E-state index in [0.29, 0.717) is 12.0 Å². The highest BCUT2D eigenvalue weighted by atomic mass is 16.1. The maximum Gasteiger partial charge on any atom is 0.251 e. The third kappa shape index (κ3) is 2.88. The fourth-order valence-corrected chi connectivity index (χ4v) is 3.11. The average molecular weight is 272 g/mol. The molecule has 0 radical (unpaired) electrons. The van der Waals surface area contributed by atoms with Crippen molar-refractivity contribution < 1.29 is 4.79 Å². The van der Waals surface area contributed by atoms with Crippen molar-refractivity contribution in [2.75, 3.05) is 13.1 Å². The summed E-state index contributed by atoms with van der Waals surface area (Å²) in [4.78, 5) is 12.4. The minimum Gasteiger partial charge on any atom is -0.349 e. The molecule has 1 saturated heterocycles. The number of hydrogen-bond acceptors (Lipinski definition) is 2. The van der Waals surface area contributed by atoms with Gasteiger partial charge in [0.15, 0.2) is 0 Å². The molecule has 1 aromatic rings. The maximum absolute atomic E-state index is 12.4. The van der Waals surface area contributed by atoms with E-state index >= 15 is 0 Å². The van der Waals surface area contributed by atoms with Crippen molar-refractivity contribution in [3.63, 3.8) is 0 Å². The van der Waals surface area contributed by atoms with Crippen LogP contribution in [0.5, 0.6) is 0 Å². The third-order valence-electron chi connectivity index (χ3n) is 4.76. The van der Waals surface area contributed by atoms with Crippen LogP contribution in [0.15, 0.2) is 18.2 Å². The van der Waals surface area contributed by atoms with Crippen molar-refractivity contribution in [1.82, 2.24) is 10.6 Å². The number of amides is 1. The van der Waals surface area contributed by atoms with Gasteiger partial charge >= 0.3 is 0 Å². The van der Waals surface area contributed by atoms with Gasteiger partial charge in [0, 0.05) is 11.6 Å². The Balaban J connectivity index is 1.76. The Kier molecular flexibility index (Phi) is 4.06. The average Bonchev–Trinajstić information content (AvgIpc) is 2.44. The normalized spacial score (nSPS) is 20.4.